The van der Waals surface area contributed by atoms with Crippen molar-refractivity contribution >= 4 is 57.3 Å². The fourth-order valence-electron chi connectivity index (χ4n) is 3.57. The number of amides is 1. The lowest BCUT2D eigenvalue weighted by atomic mass is 10.1. The maximum Gasteiger partial charge on any atom is 0.416 e. The van der Waals surface area contributed by atoms with Crippen LogP contribution in [0.3, 0.4) is 0 Å². The van der Waals surface area contributed by atoms with E-state index in [-0.39, 0.29) is 43.7 Å². The number of pyridine rings is 1. The quantitative estimate of drug-likeness (QED) is 0.296. The minimum atomic E-state index is -4.62. The molecule has 0 aliphatic rings. The van der Waals surface area contributed by atoms with Crippen molar-refractivity contribution in [3.63, 3.8) is 0 Å². The minimum Gasteiger partial charge on any atom is -0.504 e. The molecule has 1 amide bonds. The molecule has 2 heterocycles. The Morgan fingerprint density at radius 1 is 1.08 bits per heavy atom. The van der Waals surface area contributed by atoms with Gasteiger partial charge in [0.25, 0.3) is 11.5 Å². The van der Waals surface area contributed by atoms with Gasteiger partial charge in [-0.1, -0.05) is 53.0 Å². The van der Waals surface area contributed by atoms with E-state index in [4.69, 9.17) is 34.8 Å². The molecule has 0 aliphatic heterocycles. The van der Waals surface area contributed by atoms with Gasteiger partial charge in [0.15, 0.2) is 10.9 Å². The molecule has 0 saturated heterocycles. The predicted octanol–water partition coefficient (Wildman–Crippen LogP) is 6.09. The van der Waals surface area contributed by atoms with Crippen molar-refractivity contribution in [3.8, 4) is 5.75 Å². The van der Waals surface area contributed by atoms with Gasteiger partial charge < -0.3 is 10.4 Å². The SMILES string of the molecule is Cc1nc2c(Cl)ccc(NC(=O)c3cc(Cl)c(O)c(Cl)n3)c2c(=O)n1Cc1ccccc1C(F)(F)F. The molecule has 0 unspecified atom stereocenters. The number of hydrogen-bond donors (Lipinski definition) is 2. The van der Waals surface area contributed by atoms with E-state index in [9.17, 15) is 27.9 Å². The summed E-state index contributed by atoms with van der Waals surface area (Å²) in [7, 11) is 0. The van der Waals surface area contributed by atoms with Crippen LogP contribution in [0.4, 0.5) is 18.9 Å². The number of halogens is 6. The second kappa shape index (κ2) is 9.61. The average Bonchev–Trinajstić information content (AvgIpc) is 2.81. The van der Waals surface area contributed by atoms with Crippen molar-refractivity contribution in [2.75, 3.05) is 5.32 Å². The number of hydrogen-bond acceptors (Lipinski definition) is 5. The summed E-state index contributed by atoms with van der Waals surface area (Å²) in [6.45, 7) is 1.04. The molecule has 4 aromatic rings. The topological polar surface area (TPSA) is 97.1 Å². The maximum atomic E-state index is 13.5. The third-order valence-corrected chi connectivity index (χ3v) is 6.14. The van der Waals surface area contributed by atoms with E-state index in [1.54, 1.807) is 0 Å². The van der Waals surface area contributed by atoms with Crippen LogP contribution in [-0.2, 0) is 12.7 Å². The van der Waals surface area contributed by atoms with Crippen molar-refractivity contribution < 1.29 is 23.1 Å². The normalized spacial score (nSPS) is 11.6. The van der Waals surface area contributed by atoms with Gasteiger partial charge in [-0.25, -0.2) is 9.97 Å². The van der Waals surface area contributed by atoms with Gasteiger partial charge in [0, 0.05) is 0 Å². The highest BCUT2D eigenvalue weighted by Gasteiger charge is 2.33. The monoisotopic (exact) mass is 556 g/mol. The Bertz CT molecular complexity index is 1570. The van der Waals surface area contributed by atoms with Crippen LogP contribution in [0.2, 0.25) is 15.2 Å². The van der Waals surface area contributed by atoms with Crippen molar-refractivity contribution in [1.29, 1.82) is 0 Å². The Kier molecular flexibility index (Phi) is 6.87. The first kappa shape index (κ1) is 25.7. The molecule has 36 heavy (non-hydrogen) atoms. The zero-order chi connectivity index (χ0) is 26.4. The van der Waals surface area contributed by atoms with Gasteiger partial charge in [0.2, 0.25) is 0 Å². The van der Waals surface area contributed by atoms with Crippen LogP contribution >= 0.6 is 34.8 Å². The molecule has 2 N–H and O–H groups in total. The van der Waals surface area contributed by atoms with Gasteiger partial charge >= 0.3 is 6.18 Å². The summed E-state index contributed by atoms with van der Waals surface area (Å²) in [6, 6.07) is 8.70. The molecule has 186 valence electrons. The molecule has 0 radical (unpaired) electrons. The molecular formula is C23H14Cl3F3N4O3. The van der Waals surface area contributed by atoms with Crippen LogP contribution in [0.1, 0.15) is 27.4 Å². The van der Waals surface area contributed by atoms with Gasteiger partial charge in [-0.15, -0.1) is 0 Å². The van der Waals surface area contributed by atoms with Crippen LogP contribution in [-0.4, -0.2) is 25.5 Å². The van der Waals surface area contributed by atoms with Gasteiger partial charge in [-0.2, -0.15) is 13.2 Å². The molecular weight excluding hydrogens is 544 g/mol. The number of nitrogens with one attached hydrogen (secondary N) is 1. The second-order valence-corrected chi connectivity index (χ2v) is 8.78. The first-order valence-corrected chi connectivity index (χ1v) is 11.2. The number of alkyl halides is 3. The van der Waals surface area contributed by atoms with Crippen molar-refractivity contribution in [3.05, 3.63) is 90.7 Å². The number of nitrogens with zero attached hydrogens (tertiary/aromatic N) is 3. The van der Waals surface area contributed by atoms with Gasteiger partial charge in [0.1, 0.15) is 11.5 Å². The zero-order valence-electron chi connectivity index (χ0n) is 18.1. The summed E-state index contributed by atoms with van der Waals surface area (Å²) in [6.07, 6.45) is -4.62. The molecule has 0 saturated carbocycles. The highest BCUT2D eigenvalue weighted by Crippen LogP contribution is 2.33. The van der Waals surface area contributed by atoms with Crippen LogP contribution in [0.15, 0.2) is 47.3 Å². The van der Waals surface area contributed by atoms with E-state index < -0.39 is 40.7 Å². The molecule has 0 fully saturated rings. The van der Waals surface area contributed by atoms with Gasteiger partial charge in [0.05, 0.1) is 38.7 Å². The van der Waals surface area contributed by atoms with Crippen LogP contribution in [0.25, 0.3) is 10.9 Å². The average molecular weight is 558 g/mol. The molecule has 0 spiro atoms. The first-order chi connectivity index (χ1) is 16.9. The third-order valence-electron chi connectivity index (χ3n) is 5.29. The summed E-state index contributed by atoms with van der Waals surface area (Å²) in [5.74, 6) is -1.21. The van der Waals surface area contributed by atoms with Gasteiger partial charge in [-0.05, 0) is 36.8 Å². The lowest BCUT2D eigenvalue weighted by molar-refractivity contribution is -0.138. The zero-order valence-corrected chi connectivity index (χ0v) is 20.4. The number of aryl methyl sites for hydroxylation is 1. The Hall–Kier alpha value is -3.34. The second-order valence-electron chi connectivity index (χ2n) is 7.61. The molecule has 0 bridgehead atoms. The van der Waals surface area contributed by atoms with Crippen molar-refractivity contribution in [1.82, 2.24) is 14.5 Å². The molecule has 0 atom stereocenters. The van der Waals surface area contributed by atoms with E-state index in [0.717, 1.165) is 16.7 Å². The molecule has 13 heteroatoms. The van der Waals surface area contributed by atoms with E-state index >= 15 is 0 Å². The van der Waals surface area contributed by atoms with Crippen LogP contribution < -0.4 is 10.9 Å². The largest absolute Gasteiger partial charge is 0.504 e. The molecule has 2 aromatic heterocycles. The van der Waals surface area contributed by atoms with E-state index in [1.807, 2.05) is 0 Å². The molecule has 7 nitrogen and oxygen atoms in total. The van der Waals surface area contributed by atoms with Crippen LogP contribution in [0.5, 0.6) is 5.75 Å². The highest BCUT2D eigenvalue weighted by molar-refractivity contribution is 6.37. The molecule has 2 aromatic carbocycles. The summed E-state index contributed by atoms with van der Waals surface area (Å²) in [4.78, 5) is 34.4. The number of fused-ring (bicyclic) bond motifs is 1. The van der Waals surface area contributed by atoms with Gasteiger partial charge in [-0.3, -0.25) is 14.2 Å². The van der Waals surface area contributed by atoms with E-state index in [2.05, 4.69) is 15.3 Å². The summed E-state index contributed by atoms with van der Waals surface area (Å²) < 4.78 is 41.6. The molecule has 4 rings (SSSR count). The highest BCUT2D eigenvalue weighted by atomic mass is 35.5. The number of rotatable bonds is 4. The summed E-state index contributed by atoms with van der Waals surface area (Å²) >= 11 is 17.9. The lowest BCUT2D eigenvalue weighted by Crippen LogP contribution is -2.27. The summed E-state index contributed by atoms with van der Waals surface area (Å²) in [5.41, 5.74) is -1.97. The first-order valence-electron chi connectivity index (χ1n) is 10.1. The lowest BCUT2D eigenvalue weighted by Gasteiger charge is -2.17. The van der Waals surface area contributed by atoms with Crippen molar-refractivity contribution in [2.45, 2.75) is 19.6 Å². The summed E-state index contributed by atoms with van der Waals surface area (Å²) in [5, 5.41) is 11.5. The smallest absolute Gasteiger partial charge is 0.416 e. The fourth-order valence-corrected chi connectivity index (χ4v) is 4.21. The Morgan fingerprint density at radius 2 is 1.78 bits per heavy atom. The standard InChI is InChI=1S/C23H14Cl3F3N4O3/c1-10-30-18-13(24)6-7-15(32-21(35)16-8-14(25)19(34)20(26)31-16)17(18)22(36)33(10)9-11-4-2-3-5-12(11)23(27,28)29/h2-8,34H,9H2,1H3,(H,32,35). The Labute approximate surface area is 216 Å². The number of anilines is 1. The number of aromatic nitrogens is 3. The Morgan fingerprint density at radius 3 is 2.44 bits per heavy atom. The van der Waals surface area contributed by atoms with Crippen molar-refractivity contribution in [2.24, 2.45) is 0 Å². The third kappa shape index (κ3) is 4.84. The predicted molar refractivity (Wildman–Crippen MR) is 130 cm³/mol. The minimum absolute atomic E-state index is 0.0168. The number of aromatic hydroxyl groups is 1. The fraction of sp³-hybridized carbons (Fsp3) is 0.130. The number of benzene rings is 2. The maximum absolute atomic E-state index is 13.5. The number of carbonyl (C=O) groups excluding carboxylic acids is 1. The number of carbonyl (C=O) groups is 1. The Balaban J connectivity index is 1.83. The van der Waals surface area contributed by atoms with E-state index in [0.29, 0.717) is 0 Å². The van der Waals surface area contributed by atoms with E-state index in [1.165, 1.54) is 37.3 Å². The van der Waals surface area contributed by atoms with Crippen LogP contribution in [0, 0.1) is 6.92 Å². The molecule has 0 aliphatic carbocycles.